The highest BCUT2D eigenvalue weighted by Crippen LogP contribution is 2.32. The number of anilines is 2. The number of hydrogen-bond donors (Lipinski definition) is 3. The number of hydrogen-bond acceptors (Lipinski definition) is 13. The second-order valence-electron chi connectivity index (χ2n) is 15.6. The molecule has 0 radical (unpaired) electrons. The number of nitrogens with zero attached hydrogens (tertiary/aromatic N) is 8. The molecule has 0 saturated carbocycles. The van der Waals surface area contributed by atoms with Gasteiger partial charge in [0.1, 0.15) is 17.6 Å². The third-order valence-electron chi connectivity index (χ3n) is 11.7. The zero-order valence-electron chi connectivity index (χ0n) is 31.9. The SMILES string of the molecule is Cc1cc(Cc2nc(N3CCC[C@@H](NC(=O)N4CCN(CC5CCN(c6ccc7c(c6)C(=O)N(C6CCC(=O)NC6=O)C7=O)CC5)CC4)C3)cnc2C(N)=O)sn1. The van der Waals surface area contributed by atoms with Crippen LogP contribution in [0.2, 0.25) is 0 Å². The van der Waals surface area contributed by atoms with Crippen LogP contribution in [0.15, 0.2) is 30.5 Å². The summed E-state index contributed by atoms with van der Waals surface area (Å²) in [5.74, 6) is -1.46. The Bertz CT molecular complexity index is 2090. The fraction of sp³-hybridized carbons (Fsp3) is 0.513. The highest BCUT2D eigenvalue weighted by atomic mass is 32.1. The Morgan fingerprint density at radius 3 is 2.42 bits per heavy atom. The minimum atomic E-state index is -0.982. The van der Waals surface area contributed by atoms with E-state index >= 15 is 0 Å². The van der Waals surface area contributed by atoms with Gasteiger partial charge in [-0.15, -0.1) is 0 Å². The molecule has 5 aliphatic rings. The highest BCUT2D eigenvalue weighted by molar-refractivity contribution is 7.05. The molecule has 1 aromatic carbocycles. The topological polar surface area (TPSA) is 207 Å². The number of fused-ring (bicyclic) bond motifs is 1. The normalized spacial score (nSPS) is 22.2. The first-order valence-electron chi connectivity index (χ1n) is 19.7. The highest BCUT2D eigenvalue weighted by Gasteiger charge is 2.45. The molecular weight excluding hydrogens is 751 g/mol. The van der Waals surface area contributed by atoms with Crippen molar-refractivity contribution in [2.24, 2.45) is 11.7 Å². The Kier molecular flexibility index (Phi) is 10.9. The Labute approximate surface area is 334 Å². The Hall–Kier alpha value is -5.49. The van der Waals surface area contributed by atoms with Crippen molar-refractivity contribution in [2.75, 3.05) is 68.7 Å². The zero-order chi connectivity index (χ0) is 39.8. The first-order valence-corrected chi connectivity index (χ1v) is 20.5. The summed E-state index contributed by atoms with van der Waals surface area (Å²) in [6.45, 7) is 8.79. The van der Waals surface area contributed by atoms with Crippen LogP contribution in [0.5, 0.6) is 0 Å². The van der Waals surface area contributed by atoms with Crippen LogP contribution in [-0.4, -0.2) is 136 Å². The number of carbonyl (C=O) groups is 6. The van der Waals surface area contributed by atoms with Gasteiger partial charge >= 0.3 is 6.03 Å². The number of piperidine rings is 3. The third-order valence-corrected chi connectivity index (χ3v) is 12.6. The van der Waals surface area contributed by atoms with Crippen molar-refractivity contribution >= 4 is 58.6 Å². The molecule has 8 rings (SSSR count). The third kappa shape index (κ3) is 8.18. The molecule has 7 amide bonds. The fourth-order valence-electron chi connectivity index (χ4n) is 8.66. The van der Waals surface area contributed by atoms with Gasteiger partial charge in [0, 0.05) is 88.4 Å². The largest absolute Gasteiger partial charge is 0.371 e. The maximum Gasteiger partial charge on any atom is 0.317 e. The summed E-state index contributed by atoms with van der Waals surface area (Å²) in [4.78, 5) is 95.9. The van der Waals surface area contributed by atoms with E-state index in [1.807, 2.05) is 24.0 Å². The fourth-order valence-corrected chi connectivity index (χ4v) is 9.40. The molecule has 2 aromatic heterocycles. The summed E-state index contributed by atoms with van der Waals surface area (Å²) >= 11 is 1.37. The second-order valence-corrected chi connectivity index (χ2v) is 16.5. The number of rotatable bonds is 9. The minimum absolute atomic E-state index is 0.0479. The average Bonchev–Trinajstić information content (AvgIpc) is 3.73. The van der Waals surface area contributed by atoms with Gasteiger partial charge in [0.25, 0.3) is 17.7 Å². The molecule has 3 aromatic rings. The molecule has 17 nitrogen and oxygen atoms in total. The van der Waals surface area contributed by atoms with Gasteiger partial charge in [-0.1, -0.05) is 0 Å². The van der Waals surface area contributed by atoms with Crippen LogP contribution in [0.25, 0.3) is 0 Å². The van der Waals surface area contributed by atoms with Crippen molar-refractivity contribution in [3.63, 3.8) is 0 Å². The lowest BCUT2D eigenvalue weighted by molar-refractivity contribution is -0.136. The Morgan fingerprint density at radius 1 is 0.930 bits per heavy atom. The number of amides is 7. The van der Waals surface area contributed by atoms with E-state index in [-0.39, 0.29) is 36.2 Å². The van der Waals surface area contributed by atoms with Crippen molar-refractivity contribution < 1.29 is 28.8 Å². The molecule has 0 spiro atoms. The molecule has 4 saturated heterocycles. The van der Waals surface area contributed by atoms with Gasteiger partial charge < -0.3 is 25.8 Å². The molecular formula is C39H47N11O6S. The molecule has 4 fully saturated rings. The van der Waals surface area contributed by atoms with E-state index in [1.165, 1.54) is 11.5 Å². The zero-order valence-corrected chi connectivity index (χ0v) is 32.8. The van der Waals surface area contributed by atoms with E-state index in [1.54, 1.807) is 18.3 Å². The maximum atomic E-state index is 13.4. The molecule has 7 heterocycles. The number of aromatic nitrogens is 3. The van der Waals surface area contributed by atoms with E-state index in [0.29, 0.717) is 49.0 Å². The van der Waals surface area contributed by atoms with Gasteiger partial charge in [-0.25, -0.2) is 14.8 Å². The van der Waals surface area contributed by atoms with Crippen LogP contribution in [0.3, 0.4) is 0 Å². The number of piperazine rings is 1. The van der Waals surface area contributed by atoms with Gasteiger partial charge in [-0.2, -0.15) is 4.37 Å². The maximum absolute atomic E-state index is 13.4. The summed E-state index contributed by atoms with van der Waals surface area (Å²) in [6, 6.07) is 6.18. The molecule has 1 unspecified atom stereocenters. The van der Waals surface area contributed by atoms with Gasteiger partial charge in [-0.05, 0) is 80.7 Å². The summed E-state index contributed by atoms with van der Waals surface area (Å²) in [5.41, 5.74) is 8.67. The van der Waals surface area contributed by atoms with Gasteiger partial charge in [0.2, 0.25) is 11.8 Å². The molecule has 2 atom stereocenters. The Morgan fingerprint density at radius 2 is 1.70 bits per heavy atom. The minimum Gasteiger partial charge on any atom is -0.371 e. The number of carbonyl (C=O) groups excluding carboxylic acids is 6. The lowest BCUT2D eigenvalue weighted by Gasteiger charge is -2.40. The lowest BCUT2D eigenvalue weighted by atomic mass is 9.95. The molecule has 0 aliphatic carbocycles. The number of urea groups is 1. The molecule has 4 N–H and O–H groups in total. The van der Waals surface area contributed by atoms with E-state index < -0.39 is 35.6 Å². The number of aryl methyl sites for hydroxylation is 1. The van der Waals surface area contributed by atoms with Crippen molar-refractivity contribution in [2.45, 2.75) is 64.0 Å². The van der Waals surface area contributed by atoms with Crippen molar-refractivity contribution in [3.8, 4) is 0 Å². The monoisotopic (exact) mass is 797 g/mol. The van der Waals surface area contributed by atoms with E-state index in [2.05, 4.69) is 34.7 Å². The standard InChI is InChI=1S/C39H47N11O6S/c1-23-17-27(57-45-23)19-30-34(35(40)52)41-20-32(43-30)49-10-2-3-25(22-49)42-39(56)48-15-13-46(14-16-48)21-24-8-11-47(12-9-24)26-4-5-28-29(18-26)38(55)50(37(28)54)31-6-7-33(51)44-36(31)53/h4-5,17-18,20,24-25,31H,2-3,6-16,19,21-22H2,1H3,(H2,40,52)(H,42,56)(H,44,51,53)/t25-,31?/m1/s1. The Balaban J connectivity index is 0.789. The van der Waals surface area contributed by atoms with E-state index in [4.69, 9.17) is 10.7 Å². The van der Waals surface area contributed by atoms with Gasteiger partial charge in [0.05, 0.1) is 28.7 Å². The number of imide groups is 2. The van der Waals surface area contributed by atoms with Crippen molar-refractivity contribution in [1.82, 2.24) is 39.7 Å². The molecule has 18 heteroatoms. The van der Waals surface area contributed by atoms with Gasteiger partial charge in [0.15, 0.2) is 0 Å². The van der Waals surface area contributed by atoms with Gasteiger partial charge in [-0.3, -0.25) is 39.1 Å². The summed E-state index contributed by atoms with van der Waals surface area (Å²) in [7, 11) is 0. The second kappa shape index (κ2) is 16.2. The van der Waals surface area contributed by atoms with E-state index in [0.717, 1.165) is 86.1 Å². The van der Waals surface area contributed by atoms with Crippen LogP contribution in [-0.2, 0) is 16.0 Å². The predicted molar refractivity (Wildman–Crippen MR) is 210 cm³/mol. The van der Waals surface area contributed by atoms with Crippen LogP contribution >= 0.6 is 11.5 Å². The molecule has 5 aliphatic heterocycles. The van der Waals surface area contributed by atoms with Crippen LogP contribution in [0.1, 0.15) is 86.0 Å². The smallest absolute Gasteiger partial charge is 0.317 e. The van der Waals surface area contributed by atoms with E-state index in [9.17, 15) is 28.8 Å². The van der Waals surface area contributed by atoms with Crippen molar-refractivity contribution in [3.05, 3.63) is 63.5 Å². The first kappa shape index (κ1) is 38.4. The number of nitrogens with two attached hydrogens (primary N) is 1. The van der Waals surface area contributed by atoms with Crippen LogP contribution in [0.4, 0.5) is 16.3 Å². The number of primary amides is 1. The quantitative estimate of drug-likeness (QED) is 0.264. The lowest BCUT2D eigenvalue weighted by Crippen LogP contribution is -2.56. The molecule has 300 valence electrons. The predicted octanol–water partition coefficient (Wildman–Crippen LogP) is 1.55. The first-order chi connectivity index (χ1) is 27.5. The summed E-state index contributed by atoms with van der Waals surface area (Å²) < 4.78 is 4.33. The van der Waals surface area contributed by atoms with Crippen LogP contribution < -0.4 is 26.2 Å². The number of benzene rings is 1. The van der Waals surface area contributed by atoms with Crippen molar-refractivity contribution in [1.29, 1.82) is 0 Å². The summed E-state index contributed by atoms with van der Waals surface area (Å²) in [6.07, 6.45) is 5.93. The average molecular weight is 798 g/mol. The summed E-state index contributed by atoms with van der Waals surface area (Å²) in [5, 5.41) is 5.49. The van der Waals surface area contributed by atoms with Crippen LogP contribution in [0, 0.1) is 12.8 Å². The molecule has 57 heavy (non-hydrogen) atoms. The number of nitrogens with one attached hydrogen (secondary N) is 2. The molecule has 0 bridgehead atoms.